The van der Waals surface area contributed by atoms with Crippen molar-refractivity contribution in [3.63, 3.8) is 0 Å². The lowest BCUT2D eigenvalue weighted by Gasteiger charge is -2.09. The molecule has 1 heterocycles. The van der Waals surface area contributed by atoms with Gasteiger partial charge in [0.25, 0.3) is 5.91 Å². The number of aromatic hydroxyl groups is 1. The number of halogens is 4. The van der Waals surface area contributed by atoms with Crippen LogP contribution in [0.2, 0.25) is 5.02 Å². The zero-order valence-electron chi connectivity index (χ0n) is 14.3. The Morgan fingerprint density at radius 1 is 1.18 bits per heavy atom. The van der Waals surface area contributed by atoms with E-state index in [4.69, 9.17) is 11.6 Å². The van der Waals surface area contributed by atoms with E-state index in [-0.39, 0.29) is 30.1 Å². The topological polar surface area (TPSA) is 91.3 Å². The number of amides is 2. The van der Waals surface area contributed by atoms with Gasteiger partial charge in [0.2, 0.25) is 5.91 Å². The predicted molar refractivity (Wildman–Crippen MR) is 96.7 cm³/mol. The molecule has 0 bridgehead atoms. The number of carbonyl (C=O) groups excluding carboxylic acids is 2. The molecule has 0 spiro atoms. The van der Waals surface area contributed by atoms with Crippen molar-refractivity contribution in [3.05, 3.63) is 64.4 Å². The lowest BCUT2D eigenvalue weighted by molar-refractivity contribution is -0.137. The molecule has 0 saturated carbocycles. The van der Waals surface area contributed by atoms with Gasteiger partial charge in [-0.05, 0) is 35.9 Å². The van der Waals surface area contributed by atoms with Gasteiger partial charge in [-0.1, -0.05) is 17.7 Å². The van der Waals surface area contributed by atoms with E-state index in [0.717, 1.165) is 18.2 Å². The van der Waals surface area contributed by atoms with Crippen LogP contribution < -0.4 is 10.6 Å². The van der Waals surface area contributed by atoms with E-state index in [1.807, 2.05) is 0 Å². The predicted octanol–water partition coefficient (Wildman–Crippen LogP) is 3.02. The first-order valence-corrected chi connectivity index (χ1v) is 8.31. The molecule has 0 aliphatic rings. The molecular formula is C18H15ClF3N3O3. The quantitative estimate of drug-likeness (QED) is 0.501. The van der Waals surface area contributed by atoms with Crippen molar-refractivity contribution in [2.75, 3.05) is 13.1 Å². The SMILES string of the molecule is O=C(/C=C/c1ccc(Cl)c(C(F)(F)F)c1)NCCNC(=O)c1ncccc1O. The van der Waals surface area contributed by atoms with Crippen LogP contribution in [0.3, 0.4) is 0 Å². The highest BCUT2D eigenvalue weighted by atomic mass is 35.5. The van der Waals surface area contributed by atoms with Gasteiger partial charge in [-0.3, -0.25) is 9.59 Å². The lowest BCUT2D eigenvalue weighted by Crippen LogP contribution is -2.34. The summed E-state index contributed by atoms with van der Waals surface area (Å²) in [5.41, 5.74) is -0.972. The van der Waals surface area contributed by atoms with Gasteiger partial charge in [-0.15, -0.1) is 0 Å². The standard InChI is InChI=1S/C18H15ClF3N3O3/c19-13-5-3-11(10-12(13)18(20,21)22)4-6-15(27)23-8-9-25-17(28)16-14(26)2-1-7-24-16/h1-7,10,26H,8-9H2,(H,23,27)(H,25,28)/b6-4+. The molecule has 148 valence electrons. The highest BCUT2D eigenvalue weighted by Gasteiger charge is 2.33. The zero-order chi connectivity index (χ0) is 20.7. The van der Waals surface area contributed by atoms with Crippen molar-refractivity contribution in [2.24, 2.45) is 0 Å². The monoisotopic (exact) mass is 413 g/mol. The van der Waals surface area contributed by atoms with Crippen LogP contribution in [0.5, 0.6) is 5.75 Å². The second-order valence-electron chi connectivity index (χ2n) is 5.49. The normalized spacial score (nSPS) is 11.4. The van der Waals surface area contributed by atoms with Gasteiger partial charge in [0, 0.05) is 25.4 Å². The first kappa shape index (κ1) is 21.2. The largest absolute Gasteiger partial charge is 0.505 e. The number of aromatic nitrogens is 1. The van der Waals surface area contributed by atoms with E-state index in [1.54, 1.807) is 0 Å². The molecule has 0 saturated heterocycles. The van der Waals surface area contributed by atoms with Crippen molar-refractivity contribution in [1.82, 2.24) is 15.6 Å². The second-order valence-corrected chi connectivity index (χ2v) is 5.90. The molecule has 6 nitrogen and oxygen atoms in total. The molecule has 28 heavy (non-hydrogen) atoms. The van der Waals surface area contributed by atoms with Crippen LogP contribution in [0, 0.1) is 0 Å². The molecule has 3 N–H and O–H groups in total. The fraction of sp³-hybridized carbons (Fsp3) is 0.167. The Morgan fingerprint density at radius 3 is 2.57 bits per heavy atom. The molecular weight excluding hydrogens is 399 g/mol. The highest BCUT2D eigenvalue weighted by molar-refractivity contribution is 6.31. The van der Waals surface area contributed by atoms with E-state index in [9.17, 15) is 27.9 Å². The Kier molecular flexibility index (Phi) is 7.00. The van der Waals surface area contributed by atoms with E-state index in [0.29, 0.717) is 0 Å². The number of rotatable bonds is 6. The van der Waals surface area contributed by atoms with Crippen molar-refractivity contribution in [3.8, 4) is 5.75 Å². The number of alkyl halides is 3. The third kappa shape index (κ3) is 5.98. The first-order chi connectivity index (χ1) is 13.2. The van der Waals surface area contributed by atoms with Crippen LogP contribution in [0.25, 0.3) is 6.08 Å². The maximum atomic E-state index is 12.8. The average molecular weight is 414 g/mol. The number of nitrogens with one attached hydrogen (secondary N) is 2. The number of hydrogen-bond acceptors (Lipinski definition) is 4. The first-order valence-electron chi connectivity index (χ1n) is 7.93. The van der Waals surface area contributed by atoms with Crippen molar-refractivity contribution < 1.29 is 27.9 Å². The van der Waals surface area contributed by atoms with Crippen molar-refractivity contribution in [2.45, 2.75) is 6.18 Å². The molecule has 2 rings (SSSR count). The summed E-state index contributed by atoms with van der Waals surface area (Å²) >= 11 is 5.53. The maximum absolute atomic E-state index is 12.8. The van der Waals surface area contributed by atoms with Gasteiger partial charge in [0.05, 0.1) is 10.6 Å². The van der Waals surface area contributed by atoms with Gasteiger partial charge in [-0.2, -0.15) is 13.2 Å². The Labute approximate surface area is 163 Å². The average Bonchev–Trinajstić information content (AvgIpc) is 2.63. The third-order valence-electron chi connectivity index (χ3n) is 3.43. The van der Waals surface area contributed by atoms with Gasteiger partial charge in [-0.25, -0.2) is 4.98 Å². The summed E-state index contributed by atoms with van der Waals surface area (Å²) in [5.74, 6) is -1.43. The van der Waals surface area contributed by atoms with Crippen LogP contribution in [0.15, 0.2) is 42.6 Å². The summed E-state index contributed by atoms with van der Waals surface area (Å²) in [5, 5.41) is 14.0. The van der Waals surface area contributed by atoms with Gasteiger partial charge < -0.3 is 15.7 Å². The van der Waals surface area contributed by atoms with E-state index in [1.165, 1.54) is 30.5 Å². The number of nitrogens with zero attached hydrogens (tertiary/aromatic N) is 1. The zero-order valence-corrected chi connectivity index (χ0v) is 15.0. The molecule has 1 aromatic heterocycles. The maximum Gasteiger partial charge on any atom is 0.417 e. The minimum absolute atomic E-state index is 0.0631. The lowest BCUT2D eigenvalue weighted by atomic mass is 10.1. The van der Waals surface area contributed by atoms with Crippen LogP contribution in [0.1, 0.15) is 21.6 Å². The Balaban J connectivity index is 1.83. The molecule has 0 aliphatic heterocycles. The molecule has 10 heteroatoms. The molecule has 0 fully saturated rings. The number of pyridine rings is 1. The smallest absolute Gasteiger partial charge is 0.417 e. The summed E-state index contributed by atoms with van der Waals surface area (Å²) in [6.07, 6.45) is -0.965. The second kappa shape index (κ2) is 9.23. The van der Waals surface area contributed by atoms with Crippen molar-refractivity contribution in [1.29, 1.82) is 0 Å². The van der Waals surface area contributed by atoms with Crippen LogP contribution in [-0.2, 0) is 11.0 Å². The molecule has 0 atom stereocenters. The fourth-order valence-electron chi connectivity index (χ4n) is 2.11. The number of benzene rings is 1. The summed E-state index contributed by atoms with van der Waals surface area (Å²) in [4.78, 5) is 27.3. The van der Waals surface area contributed by atoms with E-state index in [2.05, 4.69) is 15.6 Å². The molecule has 0 aliphatic carbocycles. The molecule has 1 aromatic carbocycles. The summed E-state index contributed by atoms with van der Waals surface area (Å²) in [7, 11) is 0. The fourth-order valence-corrected chi connectivity index (χ4v) is 2.34. The van der Waals surface area contributed by atoms with Gasteiger partial charge in [0.15, 0.2) is 5.69 Å². The van der Waals surface area contributed by atoms with Gasteiger partial charge >= 0.3 is 6.18 Å². The summed E-state index contributed by atoms with van der Waals surface area (Å²) in [6.45, 7) is 0.129. The minimum atomic E-state index is -4.59. The summed E-state index contributed by atoms with van der Waals surface area (Å²) in [6, 6.07) is 6.07. The van der Waals surface area contributed by atoms with Crippen LogP contribution >= 0.6 is 11.6 Å². The highest BCUT2D eigenvalue weighted by Crippen LogP contribution is 2.35. The number of hydrogen-bond donors (Lipinski definition) is 3. The van der Waals surface area contributed by atoms with Crippen molar-refractivity contribution >= 4 is 29.5 Å². The molecule has 0 radical (unpaired) electrons. The minimum Gasteiger partial charge on any atom is -0.505 e. The van der Waals surface area contributed by atoms with Gasteiger partial charge in [0.1, 0.15) is 5.75 Å². The van der Waals surface area contributed by atoms with Crippen LogP contribution in [-0.4, -0.2) is 35.0 Å². The third-order valence-corrected chi connectivity index (χ3v) is 3.76. The Hall–Kier alpha value is -3.07. The Morgan fingerprint density at radius 2 is 1.89 bits per heavy atom. The molecule has 0 unspecified atom stereocenters. The van der Waals surface area contributed by atoms with E-state index < -0.39 is 28.6 Å². The summed E-state index contributed by atoms with van der Waals surface area (Å²) < 4.78 is 38.4. The Bertz CT molecular complexity index is 901. The van der Waals surface area contributed by atoms with E-state index >= 15 is 0 Å². The van der Waals surface area contributed by atoms with Crippen LogP contribution in [0.4, 0.5) is 13.2 Å². The molecule has 2 amide bonds. The number of carbonyl (C=O) groups is 2. The molecule has 2 aromatic rings.